The Morgan fingerprint density at radius 3 is 2.73 bits per heavy atom. The van der Waals surface area contributed by atoms with Gasteiger partial charge in [-0.1, -0.05) is 32.0 Å². The number of aromatic nitrogens is 3. The first-order chi connectivity index (χ1) is 17.9. The van der Waals surface area contributed by atoms with Crippen LogP contribution >= 0.6 is 23.1 Å². The molecular weight excluding hydrogens is 508 g/mol. The molecule has 198 valence electrons. The van der Waals surface area contributed by atoms with Crippen molar-refractivity contribution in [1.29, 1.82) is 0 Å². The lowest BCUT2D eigenvalue weighted by Crippen LogP contribution is -2.18. The third kappa shape index (κ3) is 6.54. The van der Waals surface area contributed by atoms with Gasteiger partial charge in [0.2, 0.25) is 5.91 Å². The molecule has 10 heteroatoms. The summed E-state index contributed by atoms with van der Waals surface area (Å²) in [5.41, 5.74) is 2.48. The summed E-state index contributed by atoms with van der Waals surface area (Å²) in [4.78, 5) is 26.8. The molecule has 37 heavy (non-hydrogen) atoms. The predicted octanol–water partition coefficient (Wildman–Crippen LogP) is 5.75. The molecule has 1 unspecified atom stereocenters. The van der Waals surface area contributed by atoms with Crippen molar-refractivity contribution < 1.29 is 19.1 Å². The van der Waals surface area contributed by atoms with Crippen LogP contribution < -0.4 is 10.1 Å². The van der Waals surface area contributed by atoms with Gasteiger partial charge < -0.3 is 19.4 Å². The maximum atomic E-state index is 12.9. The van der Waals surface area contributed by atoms with Gasteiger partial charge in [-0.05, 0) is 68.4 Å². The van der Waals surface area contributed by atoms with Gasteiger partial charge in [0.15, 0.2) is 11.0 Å². The molecule has 0 radical (unpaired) electrons. The van der Waals surface area contributed by atoms with Crippen LogP contribution in [0.1, 0.15) is 60.8 Å². The highest BCUT2D eigenvalue weighted by molar-refractivity contribution is 7.99. The van der Waals surface area contributed by atoms with Crippen molar-refractivity contribution >= 4 is 40.0 Å². The van der Waals surface area contributed by atoms with E-state index in [1.807, 2.05) is 35.9 Å². The van der Waals surface area contributed by atoms with E-state index >= 15 is 0 Å². The molecule has 0 bridgehead atoms. The van der Waals surface area contributed by atoms with E-state index in [4.69, 9.17) is 9.47 Å². The van der Waals surface area contributed by atoms with Crippen LogP contribution in [0.25, 0.3) is 11.4 Å². The summed E-state index contributed by atoms with van der Waals surface area (Å²) in [6, 6.07) is 7.79. The Kier molecular flexibility index (Phi) is 9.26. The SMILES string of the molecule is CCCCOc1ccc(-c2nnc(SCC(=O)Nc3sc4c(c3C(=O)OCC)CCC(C)C4)n2C)cc1. The number of anilines is 1. The average molecular weight is 543 g/mol. The van der Waals surface area contributed by atoms with E-state index in [9.17, 15) is 9.59 Å². The Morgan fingerprint density at radius 2 is 2.00 bits per heavy atom. The van der Waals surface area contributed by atoms with Crippen LogP contribution in [0.5, 0.6) is 5.75 Å². The maximum absolute atomic E-state index is 12.9. The number of benzene rings is 1. The van der Waals surface area contributed by atoms with E-state index in [1.54, 1.807) is 6.92 Å². The lowest BCUT2D eigenvalue weighted by molar-refractivity contribution is -0.113. The smallest absolute Gasteiger partial charge is 0.341 e. The molecule has 1 aliphatic rings. The monoisotopic (exact) mass is 542 g/mol. The van der Waals surface area contributed by atoms with Gasteiger partial charge in [-0.3, -0.25) is 4.79 Å². The van der Waals surface area contributed by atoms with Gasteiger partial charge in [0.05, 0.1) is 24.5 Å². The zero-order valence-corrected chi connectivity index (χ0v) is 23.5. The summed E-state index contributed by atoms with van der Waals surface area (Å²) in [6.07, 6.45) is 4.90. The number of carbonyl (C=O) groups is 2. The molecule has 1 aliphatic carbocycles. The number of rotatable bonds is 11. The van der Waals surface area contributed by atoms with Gasteiger partial charge in [-0.15, -0.1) is 21.5 Å². The number of esters is 1. The molecule has 4 rings (SSSR count). The second-order valence-electron chi connectivity index (χ2n) is 9.20. The number of hydrogen-bond donors (Lipinski definition) is 1. The normalized spacial score (nSPS) is 14.8. The minimum absolute atomic E-state index is 0.150. The summed E-state index contributed by atoms with van der Waals surface area (Å²) in [5, 5.41) is 12.8. The van der Waals surface area contributed by atoms with Gasteiger partial charge in [0.25, 0.3) is 0 Å². The third-order valence-corrected chi connectivity index (χ3v) is 8.48. The first-order valence-electron chi connectivity index (χ1n) is 12.8. The van der Waals surface area contributed by atoms with Gasteiger partial charge in [0.1, 0.15) is 10.8 Å². The Labute approximate surface area is 226 Å². The summed E-state index contributed by atoms with van der Waals surface area (Å²) in [7, 11) is 1.88. The van der Waals surface area contributed by atoms with Crippen molar-refractivity contribution in [3.8, 4) is 17.1 Å². The molecule has 0 saturated heterocycles. The molecule has 3 aromatic rings. The Balaban J connectivity index is 1.40. The summed E-state index contributed by atoms with van der Waals surface area (Å²) in [5.74, 6) is 1.70. The number of carbonyl (C=O) groups excluding carboxylic acids is 2. The largest absolute Gasteiger partial charge is 0.494 e. The number of fused-ring (bicyclic) bond motifs is 1. The van der Waals surface area contributed by atoms with Crippen molar-refractivity contribution in [2.45, 2.75) is 58.0 Å². The van der Waals surface area contributed by atoms with E-state index in [-0.39, 0.29) is 17.6 Å². The topological polar surface area (TPSA) is 95.3 Å². The molecule has 1 atom stereocenters. The molecule has 0 aliphatic heterocycles. The van der Waals surface area contributed by atoms with E-state index in [1.165, 1.54) is 28.0 Å². The molecule has 8 nitrogen and oxygen atoms in total. The van der Waals surface area contributed by atoms with Gasteiger partial charge >= 0.3 is 5.97 Å². The number of nitrogens with zero attached hydrogens (tertiary/aromatic N) is 3. The van der Waals surface area contributed by atoms with Crippen molar-refractivity contribution in [1.82, 2.24) is 14.8 Å². The molecule has 1 aromatic carbocycles. The number of nitrogens with one attached hydrogen (secondary N) is 1. The highest BCUT2D eigenvalue weighted by Gasteiger charge is 2.29. The minimum Gasteiger partial charge on any atom is -0.494 e. The average Bonchev–Trinajstić information content (AvgIpc) is 3.42. The first-order valence-corrected chi connectivity index (χ1v) is 14.6. The van der Waals surface area contributed by atoms with Crippen molar-refractivity contribution in [3.05, 3.63) is 40.3 Å². The molecule has 1 amide bonds. The zero-order valence-electron chi connectivity index (χ0n) is 21.8. The van der Waals surface area contributed by atoms with Crippen LogP contribution in [0.3, 0.4) is 0 Å². The quantitative estimate of drug-likeness (QED) is 0.187. The fourth-order valence-corrected chi connectivity index (χ4v) is 6.40. The van der Waals surface area contributed by atoms with E-state index in [0.29, 0.717) is 40.7 Å². The lowest BCUT2D eigenvalue weighted by atomic mass is 9.88. The van der Waals surface area contributed by atoms with Gasteiger partial charge in [0, 0.05) is 17.5 Å². The molecule has 1 N–H and O–H groups in total. The number of thiophene rings is 1. The highest BCUT2D eigenvalue weighted by Crippen LogP contribution is 2.40. The number of ether oxygens (including phenoxy) is 2. The van der Waals surface area contributed by atoms with E-state index in [0.717, 1.165) is 49.0 Å². The van der Waals surface area contributed by atoms with Crippen LogP contribution in [-0.2, 0) is 29.4 Å². The van der Waals surface area contributed by atoms with Gasteiger partial charge in [-0.25, -0.2) is 4.79 Å². The summed E-state index contributed by atoms with van der Waals surface area (Å²) >= 11 is 2.80. The first kappa shape index (κ1) is 27.2. The van der Waals surface area contributed by atoms with Crippen LogP contribution in [-0.4, -0.2) is 45.6 Å². The predicted molar refractivity (Wildman–Crippen MR) is 148 cm³/mol. The molecule has 0 spiro atoms. The zero-order chi connectivity index (χ0) is 26.4. The van der Waals surface area contributed by atoms with Crippen molar-refractivity contribution in [3.63, 3.8) is 0 Å². The molecule has 2 heterocycles. The minimum atomic E-state index is -0.364. The van der Waals surface area contributed by atoms with Crippen LogP contribution in [0, 0.1) is 5.92 Å². The van der Waals surface area contributed by atoms with Crippen LogP contribution in [0.2, 0.25) is 0 Å². The highest BCUT2D eigenvalue weighted by atomic mass is 32.2. The second kappa shape index (κ2) is 12.6. The Bertz CT molecular complexity index is 1240. The number of thioether (sulfide) groups is 1. The number of amides is 1. The summed E-state index contributed by atoms with van der Waals surface area (Å²) < 4.78 is 12.9. The fourth-order valence-electron chi connectivity index (χ4n) is 4.28. The van der Waals surface area contributed by atoms with Crippen LogP contribution in [0.4, 0.5) is 5.00 Å². The maximum Gasteiger partial charge on any atom is 0.341 e. The number of hydrogen-bond acceptors (Lipinski definition) is 8. The fraction of sp³-hybridized carbons (Fsp3) is 0.481. The Hall–Kier alpha value is -2.85. The van der Waals surface area contributed by atoms with Crippen molar-refractivity contribution in [2.24, 2.45) is 13.0 Å². The molecule has 0 saturated carbocycles. The molecule has 2 aromatic heterocycles. The van der Waals surface area contributed by atoms with Crippen LogP contribution in [0.15, 0.2) is 29.4 Å². The van der Waals surface area contributed by atoms with E-state index < -0.39 is 0 Å². The molecular formula is C27H34N4O4S2. The number of unbranched alkanes of at least 4 members (excludes halogenated alkanes) is 1. The third-order valence-electron chi connectivity index (χ3n) is 6.29. The Morgan fingerprint density at radius 1 is 1.22 bits per heavy atom. The standard InChI is InChI=1S/C27H34N4O4S2/c1-5-7-14-35-19-11-9-18(10-12-19)24-29-30-27(31(24)4)36-16-22(32)28-25-23(26(33)34-6-2)20-13-8-17(3)15-21(20)37-25/h9-12,17H,5-8,13-16H2,1-4H3,(H,28,32). The van der Waals surface area contributed by atoms with Crippen molar-refractivity contribution in [2.75, 3.05) is 24.3 Å². The lowest BCUT2D eigenvalue weighted by Gasteiger charge is -2.18. The second-order valence-corrected chi connectivity index (χ2v) is 11.3. The summed E-state index contributed by atoms with van der Waals surface area (Å²) in [6.45, 7) is 7.14. The molecule has 0 fully saturated rings. The van der Waals surface area contributed by atoms with Gasteiger partial charge in [-0.2, -0.15) is 0 Å². The van der Waals surface area contributed by atoms with E-state index in [2.05, 4.69) is 29.4 Å².